The van der Waals surface area contributed by atoms with E-state index in [9.17, 15) is 13.2 Å². The smallest absolute Gasteiger partial charge is 0.246 e. The van der Waals surface area contributed by atoms with Gasteiger partial charge in [0, 0.05) is 38.3 Å². The largest absolute Gasteiger partial charge is 0.383 e. The number of piperazine rings is 1. The lowest BCUT2D eigenvalue weighted by atomic mass is 10.2. The van der Waals surface area contributed by atoms with Crippen molar-refractivity contribution in [1.82, 2.24) is 14.2 Å². The SMILES string of the molecule is CC(C)C(=O)N1CCN(S(=O)(=O)c2cccnc2N)CC1. The number of nitrogens with zero attached hydrogens (tertiary/aromatic N) is 3. The summed E-state index contributed by atoms with van der Waals surface area (Å²) < 4.78 is 26.4. The molecule has 0 radical (unpaired) electrons. The van der Waals surface area contributed by atoms with Crippen molar-refractivity contribution < 1.29 is 13.2 Å². The maximum atomic E-state index is 12.5. The second kappa shape index (κ2) is 5.98. The summed E-state index contributed by atoms with van der Waals surface area (Å²) in [7, 11) is -3.65. The molecule has 0 spiro atoms. The predicted octanol–water partition coefficient (Wildman–Crippen LogP) is 0.153. The van der Waals surface area contributed by atoms with Crippen LogP contribution in [0, 0.1) is 5.92 Å². The third-order valence-electron chi connectivity index (χ3n) is 3.46. The van der Waals surface area contributed by atoms with Gasteiger partial charge in [0.05, 0.1) is 0 Å². The molecule has 2 N–H and O–H groups in total. The van der Waals surface area contributed by atoms with Crippen LogP contribution in [0.15, 0.2) is 23.2 Å². The molecule has 1 amide bonds. The van der Waals surface area contributed by atoms with Crippen LogP contribution in [0.2, 0.25) is 0 Å². The van der Waals surface area contributed by atoms with E-state index in [1.54, 1.807) is 11.0 Å². The van der Waals surface area contributed by atoms with Gasteiger partial charge < -0.3 is 10.6 Å². The molecule has 7 nitrogen and oxygen atoms in total. The van der Waals surface area contributed by atoms with Crippen molar-refractivity contribution in [2.24, 2.45) is 5.92 Å². The zero-order valence-electron chi connectivity index (χ0n) is 12.2. The van der Waals surface area contributed by atoms with E-state index in [1.807, 2.05) is 13.8 Å². The monoisotopic (exact) mass is 312 g/mol. The molecule has 0 aromatic carbocycles. The Morgan fingerprint density at radius 3 is 2.43 bits per heavy atom. The summed E-state index contributed by atoms with van der Waals surface area (Å²) in [5.41, 5.74) is 5.65. The highest BCUT2D eigenvalue weighted by molar-refractivity contribution is 7.89. The van der Waals surface area contributed by atoms with Crippen LogP contribution in [-0.4, -0.2) is 54.7 Å². The van der Waals surface area contributed by atoms with Gasteiger partial charge in [0.2, 0.25) is 15.9 Å². The molecule has 1 fully saturated rings. The number of amides is 1. The molecule has 0 unspecified atom stereocenters. The molecule has 0 bridgehead atoms. The van der Waals surface area contributed by atoms with Gasteiger partial charge in [-0.15, -0.1) is 0 Å². The van der Waals surface area contributed by atoms with E-state index < -0.39 is 10.0 Å². The number of rotatable bonds is 3. The Kier molecular flexibility index (Phi) is 4.48. The van der Waals surface area contributed by atoms with Crippen molar-refractivity contribution in [3.8, 4) is 0 Å². The molecule has 0 saturated carbocycles. The minimum Gasteiger partial charge on any atom is -0.383 e. The summed E-state index contributed by atoms with van der Waals surface area (Å²) in [6.45, 7) is 5.01. The normalized spacial score (nSPS) is 17.2. The number of anilines is 1. The molecule has 116 valence electrons. The zero-order valence-corrected chi connectivity index (χ0v) is 13.0. The van der Waals surface area contributed by atoms with E-state index in [0.29, 0.717) is 13.1 Å². The van der Waals surface area contributed by atoms with E-state index >= 15 is 0 Å². The highest BCUT2D eigenvalue weighted by Crippen LogP contribution is 2.21. The van der Waals surface area contributed by atoms with Crippen LogP contribution in [0.1, 0.15) is 13.8 Å². The Balaban J connectivity index is 2.12. The molecule has 21 heavy (non-hydrogen) atoms. The van der Waals surface area contributed by atoms with Crippen LogP contribution in [0.3, 0.4) is 0 Å². The van der Waals surface area contributed by atoms with Gasteiger partial charge in [-0.05, 0) is 12.1 Å². The molecule has 8 heteroatoms. The third kappa shape index (κ3) is 3.16. The molecule has 0 atom stereocenters. The van der Waals surface area contributed by atoms with Crippen molar-refractivity contribution in [3.05, 3.63) is 18.3 Å². The topological polar surface area (TPSA) is 96.6 Å². The number of carbonyl (C=O) groups excluding carboxylic acids is 1. The van der Waals surface area contributed by atoms with Crippen molar-refractivity contribution in [2.75, 3.05) is 31.9 Å². The number of sulfonamides is 1. The fourth-order valence-corrected chi connectivity index (χ4v) is 3.76. The van der Waals surface area contributed by atoms with E-state index in [-0.39, 0.29) is 35.6 Å². The Labute approximate surface area is 124 Å². The van der Waals surface area contributed by atoms with E-state index in [0.717, 1.165) is 0 Å². The molecular formula is C13H20N4O3S. The van der Waals surface area contributed by atoms with E-state index in [1.165, 1.54) is 16.6 Å². The standard InChI is InChI=1S/C13H20N4O3S/c1-10(2)13(18)16-6-8-17(9-7-16)21(19,20)11-4-3-5-15-12(11)14/h3-5,10H,6-9H2,1-2H3,(H2,14,15). The Morgan fingerprint density at radius 1 is 1.29 bits per heavy atom. The van der Waals surface area contributed by atoms with Crippen LogP contribution >= 0.6 is 0 Å². The molecular weight excluding hydrogens is 292 g/mol. The summed E-state index contributed by atoms with van der Waals surface area (Å²) in [6.07, 6.45) is 1.45. The lowest BCUT2D eigenvalue weighted by Crippen LogP contribution is -2.51. The minimum atomic E-state index is -3.65. The maximum absolute atomic E-state index is 12.5. The fraction of sp³-hybridized carbons (Fsp3) is 0.538. The van der Waals surface area contributed by atoms with Crippen LogP contribution in [0.4, 0.5) is 5.82 Å². The van der Waals surface area contributed by atoms with Gasteiger partial charge in [-0.1, -0.05) is 13.8 Å². The lowest BCUT2D eigenvalue weighted by molar-refractivity contribution is -0.135. The van der Waals surface area contributed by atoms with Crippen molar-refractivity contribution >= 4 is 21.7 Å². The zero-order chi connectivity index (χ0) is 15.6. The van der Waals surface area contributed by atoms with Gasteiger partial charge in [-0.25, -0.2) is 13.4 Å². The van der Waals surface area contributed by atoms with Crippen LogP contribution in [0.5, 0.6) is 0 Å². The molecule has 1 saturated heterocycles. The second-order valence-electron chi connectivity index (χ2n) is 5.27. The first-order chi connectivity index (χ1) is 9.84. The van der Waals surface area contributed by atoms with E-state index in [2.05, 4.69) is 4.98 Å². The molecule has 1 aliphatic rings. The summed E-state index contributed by atoms with van der Waals surface area (Å²) in [5.74, 6) is -0.0340. The van der Waals surface area contributed by atoms with Crippen molar-refractivity contribution in [1.29, 1.82) is 0 Å². The quantitative estimate of drug-likeness (QED) is 0.857. The Morgan fingerprint density at radius 2 is 1.90 bits per heavy atom. The van der Waals surface area contributed by atoms with Crippen molar-refractivity contribution in [2.45, 2.75) is 18.7 Å². The molecule has 0 aliphatic carbocycles. The minimum absolute atomic E-state index is 0.00168. The second-order valence-corrected chi connectivity index (χ2v) is 7.18. The molecule has 1 aromatic rings. The molecule has 2 rings (SSSR count). The molecule has 2 heterocycles. The first kappa shape index (κ1) is 15.7. The van der Waals surface area contributed by atoms with E-state index in [4.69, 9.17) is 5.73 Å². The first-order valence-corrected chi connectivity index (χ1v) is 8.27. The maximum Gasteiger partial charge on any atom is 0.246 e. The van der Waals surface area contributed by atoms with Crippen molar-refractivity contribution in [3.63, 3.8) is 0 Å². The summed E-state index contributed by atoms with van der Waals surface area (Å²) >= 11 is 0. The van der Waals surface area contributed by atoms with Gasteiger partial charge in [0.25, 0.3) is 0 Å². The third-order valence-corrected chi connectivity index (χ3v) is 5.41. The lowest BCUT2D eigenvalue weighted by Gasteiger charge is -2.34. The number of hydrogen-bond acceptors (Lipinski definition) is 5. The Bertz CT molecular complexity index is 622. The summed E-state index contributed by atoms with van der Waals surface area (Å²) in [6, 6.07) is 2.99. The van der Waals surface area contributed by atoms with Gasteiger partial charge >= 0.3 is 0 Å². The number of aromatic nitrogens is 1. The number of hydrogen-bond donors (Lipinski definition) is 1. The highest BCUT2D eigenvalue weighted by Gasteiger charge is 2.31. The summed E-state index contributed by atoms with van der Waals surface area (Å²) in [5, 5.41) is 0. The van der Waals surface area contributed by atoms with Crippen LogP contribution in [0.25, 0.3) is 0 Å². The number of pyridine rings is 1. The molecule has 1 aromatic heterocycles. The van der Waals surface area contributed by atoms with Crippen LogP contribution in [-0.2, 0) is 14.8 Å². The number of carbonyl (C=O) groups is 1. The Hall–Kier alpha value is -1.67. The van der Waals surface area contributed by atoms with Gasteiger partial charge in [0.15, 0.2) is 0 Å². The first-order valence-electron chi connectivity index (χ1n) is 6.83. The average molecular weight is 312 g/mol. The summed E-state index contributed by atoms with van der Waals surface area (Å²) in [4.78, 5) is 17.4. The van der Waals surface area contributed by atoms with Gasteiger partial charge in [-0.2, -0.15) is 4.31 Å². The van der Waals surface area contributed by atoms with Gasteiger partial charge in [0.1, 0.15) is 10.7 Å². The number of nitrogens with two attached hydrogens (primary N) is 1. The predicted molar refractivity (Wildman–Crippen MR) is 78.8 cm³/mol. The van der Waals surface area contributed by atoms with Gasteiger partial charge in [-0.3, -0.25) is 4.79 Å². The average Bonchev–Trinajstić information content (AvgIpc) is 2.46. The highest BCUT2D eigenvalue weighted by atomic mass is 32.2. The number of nitrogen functional groups attached to an aromatic ring is 1. The molecule has 1 aliphatic heterocycles. The fourth-order valence-electron chi connectivity index (χ4n) is 2.27. The van der Waals surface area contributed by atoms with Crippen LogP contribution < -0.4 is 5.73 Å².